The fraction of sp³-hybridized carbons (Fsp3) is 0.231. The molecule has 1 amide bonds. The van der Waals surface area contributed by atoms with Crippen LogP contribution in [0.1, 0.15) is 34.9 Å². The summed E-state index contributed by atoms with van der Waals surface area (Å²) in [5.74, 6) is 1.18. The van der Waals surface area contributed by atoms with E-state index in [-0.39, 0.29) is 11.8 Å². The van der Waals surface area contributed by atoms with Gasteiger partial charge in [-0.15, -0.1) is 0 Å². The number of aryl methyl sites for hydroxylation is 2. The van der Waals surface area contributed by atoms with Crippen LogP contribution < -0.4 is 4.90 Å². The number of hydrogen-bond donors (Lipinski definition) is 0. The first-order valence-corrected chi connectivity index (χ1v) is 11.0. The highest BCUT2D eigenvalue weighted by molar-refractivity contribution is 6.30. The van der Waals surface area contributed by atoms with Crippen LogP contribution in [-0.2, 0) is 11.3 Å². The Morgan fingerprint density at radius 3 is 2.42 bits per heavy atom. The second kappa shape index (κ2) is 7.86. The lowest BCUT2D eigenvalue weighted by Crippen LogP contribution is -2.26. The Balaban J connectivity index is 1.54. The van der Waals surface area contributed by atoms with Gasteiger partial charge in [-0.3, -0.25) is 4.79 Å². The van der Waals surface area contributed by atoms with E-state index in [0.717, 1.165) is 44.3 Å². The maximum atomic E-state index is 13.1. The first kappa shape index (κ1) is 19.8. The van der Waals surface area contributed by atoms with Gasteiger partial charge in [0.05, 0.1) is 11.0 Å². The van der Waals surface area contributed by atoms with Gasteiger partial charge in [0.1, 0.15) is 5.82 Å². The molecule has 1 aliphatic heterocycles. The molecule has 1 aromatic heterocycles. The normalized spacial score (nSPS) is 16.4. The number of carbonyl (C=O) groups is 1. The van der Waals surface area contributed by atoms with Crippen LogP contribution >= 0.6 is 11.6 Å². The number of benzene rings is 3. The number of carbonyl (C=O) groups excluding carboxylic acids is 1. The molecule has 1 atom stereocenters. The fourth-order valence-electron chi connectivity index (χ4n) is 4.67. The Hall–Kier alpha value is -3.11. The lowest BCUT2D eigenvalue weighted by atomic mass is 10.1. The van der Waals surface area contributed by atoms with Crippen LogP contribution in [0.5, 0.6) is 0 Å². The summed E-state index contributed by atoms with van der Waals surface area (Å²) in [6.07, 6.45) is 0.470. The van der Waals surface area contributed by atoms with Crippen molar-refractivity contribution in [2.24, 2.45) is 0 Å². The average molecular weight is 430 g/mol. The van der Waals surface area contributed by atoms with E-state index >= 15 is 0 Å². The third-order valence-corrected chi connectivity index (χ3v) is 6.39. The van der Waals surface area contributed by atoms with Gasteiger partial charge in [0.25, 0.3) is 0 Å². The van der Waals surface area contributed by atoms with E-state index in [0.29, 0.717) is 19.5 Å². The fourth-order valence-corrected chi connectivity index (χ4v) is 4.80. The van der Waals surface area contributed by atoms with Crippen molar-refractivity contribution in [1.29, 1.82) is 0 Å². The molecule has 0 radical (unpaired) electrons. The van der Waals surface area contributed by atoms with Gasteiger partial charge in [0, 0.05) is 36.1 Å². The summed E-state index contributed by atoms with van der Waals surface area (Å²) in [5, 5.41) is 0.727. The molecule has 0 bridgehead atoms. The third-order valence-electron chi connectivity index (χ3n) is 6.14. The zero-order valence-electron chi connectivity index (χ0n) is 17.7. The quantitative estimate of drug-likeness (QED) is 0.406. The molecular formula is C26H24ClN3O. The largest absolute Gasteiger partial charge is 0.323 e. The Labute approximate surface area is 187 Å². The first-order chi connectivity index (χ1) is 15.0. The Morgan fingerprint density at radius 1 is 0.968 bits per heavy atom. The molecule has 1 unspecified atom stereocenters. The summed E-state index contributed by atoms with van der Waals surface area (Å²) in [6, 6.07) is 22.3. The van der Waals surface area contributed by atoms with Gasteiger partial charge in [-0.1, -0.05) is 54.1 Å². The zero-order valence-corrected chi connectivity index (χ0v) is 18.4. The minimum Gasteiger partial charge on any atom is -0.323 e. The van der Waals surface area contributed by atoms with Crippen molar-refractivity contribution >= 4 is 34.2 Å². The summed E-state index contributed by atoms with van der Waals surface area (Å²) in [7, 11) is 0. The summed E-state index contributed by atoms with van der Waals surface area (Å²) in [5.41, 5.74) is 6.50. The van der Waals surface area contributed by atoms with Crippen molar-refractivity contribution in [2.75, 3.05) is 11.4 Å². The maximum Gasteiger partial charge on any atom is 0.227 e. The molecule has 0 spiro atoms. The number of para-hydroxylation sites is 3. The van der Waals surface area contributed by atoms with Crippen LogP contribution in [0, 0.1) is 13.8 Å². The van der Waals surface area contributed by atoms with Gasteiger partial charge in [0.2, 0.25) is 5.91 Å². The van der Waals surface area contributed by atoms with Gasteiger partial charge < -0.3 is 9.47 Å². The zero-order chi connectivity index (χ0) is 21.5. The van der Waals surface area contributed by atoms with Gasteiger partial charge in [-0.05, 0) is 54.8 Å². The first-order valence-electron chi connectivity index (χ1n) is 10.6. The Morgan fingerprint density at radius 2 is 1.68 bits per heavy atom. The van der Waals surface area contributed by atoms with Gasteiger partial charge in [-0.2, -0.15) is 0 Å². The number of amides is 1. The van der Waals surface area contributed by atoms with E-state index in [4.69, 9.17) is 16.6 Å². The van der Waals surface area contributed by atoms with E-state index in [1.54, 1.807) is 0 Å². The van der Waals surface area contributed by atoms with Gasteiger partial charge in [-0.25, -0.2) is 4.98 Å². The highest BCUT2D eigenvalue weighted by Gasteiger charge is 2.35. The molecule has 2 heterocycles. The number of nitrogens with zero attached hydrogens (tertiary/aromatic N) is 3. The second-order valence-corrected chi connectivity index (χ2v) is 8.75. The summed E-state index contributed by atoms with van der Waals surface area (Å²) >= 11 is 6.08. The number of halogens is 1. The molecule has 0 saturated carbocycles. The van der Waals surface area contributed by atoms with Crippen molar-refractivity contribution in [1.82, 2.24) is 9.55 Å². The van der Waals surface area contributed by atoms with Crippen molar-refractivity contribution in [3.63, 3.8) is 0 Å². The standard InChI is InChI=1S/C26H24ClN3O/c1-17-6-5-7-18(2)25(17)30-16-20(14-24(30)31)26-28-22-8-3-4-9-23(22)29(26)15-19-10-12-21(27)13-11-19/h3-13,20H,14-16H2,1-2H3. The summed E-state index contributed by atoms with van der Waals surface area (Å²) in [6.45, 7) is 5.48. The lowest BCUT2D eigenvalue weighted by Gasteiger charge is -2.21. The monoisotopic (exact) mass is 429 g/mol. The smallest absolute Gasteiger partial charge is 0.227 e. The summed E-state index contributed by atoms with van der Waals surface area (Å²) in [4.78, 5) is 20.0. The minimum absolute atomic E-state index is 0.0474. The molecule has 1 fully saturated rings. The van der Waals surface area contributed by atoms with Crippen LogP contribution in [0.4, 0.5) is 5.69 Å². The van der Waals surface area contributed by atoms with Crippen LogP contribution in [0.25, 0.3) is 11.0 Å². The van der Waals surface area contributed by atoms with E-state index in [1.165, 1.54) is 0 Å². The maximum absolute atomic E-state index is 13.1. The molecule has 3 aromatic carbocycles. The molecule has 4 aromatic rings. The number of rotatable bonds is 4. The SMILES string of the molecule is Cc1cccc(C)c1N1CC(c2nc3ccccc3n2Cc2ccc(Cl)cc2)CC1=O. The summed E-state index contributed by atoms with van der Waals surface area (Å²) < 4.78 is 2.25. The van der Waals surface area contributed by atoms with Crippen molar-refractivity contribution in [2.45, 2.75) is 32.7 Å². The van der Waals surface area contributed by atoms with E-state index in [9.17, 15) is 4.79 Å². The lowest BCUT2D eigenvalue weighted by molar-refractivity contribution is -0.117. The Bertz CT molecular complexity index is 1260. The number of aromatic nitrogens is 2. The topological polar surface area (TPSA) is 38.1 Å². The Kier molecular flexibility index (Phi) is 5.03. The molecule has 0 aliphatic carbocycles. The highest BCUT2D eigenvalue weighted by atomic mass is 35.5. The average Bonchev–Trinajstić information content (AvgIpc) is 3.31. The van der Waals surface area contributed by atoms with Gasteiger partial charge in [0.15, 0.2) is 0 Å². The number of hydrogen-bond acceptors (Lipinski definition) is 2. The molecule has 5 rings (SSSR count). The van der Waals surface area contributed by atoms with Crippen molar-refractivity contribution < 1.29 is 4.79 Å². The van der Waals surface area contributed by atoms with Crippen LogP contribution in [0.3, 0.4) is 0 Å². The highest BCUT2D eigenvalue weighted by Crippen LogP contribution is 2.36. The minimum atomic E-state index is 0.0474. The van der Waals surface area contributed by atoms with E-state index < -0.39 is 0 Å². The van der Waals surface area contributed by atoms with Crippen LogP contribution in [0.2, 0.25) is 5.02 Å². The molecule has 1 saturated heterocycles. The molecule has 156 valence electrons. The molecule has 1 aliphatic rings. The van der Waals surface area contributed by atoms with Crippen LogP contribution in [0.15, 0.2) is 66.7 Å². The molecule has 31 heavy (non-hydrogen) atoms. The van der Waals surface area contributed by atoms with Gasteiger partial charge >= 0.3 is 0 Å². The third kappa shape index (κ3) is 3.61. The van der Waals surface area contributed by atoms with E-state index in [2.05, 4.69) is 36.6 Å². The van der Waals surface area contributed by atoms with Crippen molar-refractivity contribution in [3.05, 3.63) is 94.3 Å². The molecule has 5 heteroatoms. The second-order valence-electron chi connectivity index (χ2n) is 8.32. The molecule has 4 nitrogen and oxygen atoms in total. The number of fused-ring (bicyclic) bond motifs is 1. The van der Waals surface area contributed by atoms with Crippen molar-refractivity contribution in [3.8, 4) is 0 Å². The van der Waals surface area contributed by atoms with Crippen LogP contribution in [-0.4, -0.2) is 22.0 Å². The van der Waals surface area contributed by atoms with E-state index in [1.807, 2.05) is 53.4 Å². The number of anilines is 1. The predicted molar refractivity (Wildman–Crippen MR) is 126 cm³/mol. The molecular weight excluding hydrogens is 406 g/mol. The molecule has 0 N–H and O–H groups in total. The number of imidazole rings is 1. The predicted octanol–water partition coefficient (Wildman–Crippen LogP) is 5.88.